The lowest BCUT2D eigenvalue weighted by molar-refractivity contribution is -0.141. The molecular weight excluding hydrogens is 823 g/mol. The number of phenolic OH excluding ortho intramolecular Hbond substituents is 1. The summed E-state index contributed by atoms with van der Waals surface area (Å²) >= 11 is 3.26. The molecule has 318 valence electrons. The van der Waals surface area contributed by atoms with E-state index in [0.29, 0.717) is 34.3 Å². The molecule has 2 saturated heterocycles. The first kappa shape index (κ1) is 41.3. The van der Waals surface area contributed by atoms with Crippen LogP contribution in [0.4, 0.5) is 5.82 Å². The standard InChI is InChI=1S/C46H47N9O5S2/c1-25(2)42(46(59)55-23-32(56)21-37(55)44(58)48-26(3)28-9-11-30(12-10-28)43-27(4)47-24-61-43)39-22-36(53-60-39)34-13-14-41(51-49-34)54-17-15-29(16-18-54)40-20-31-19-35(50-52-45(31)62-40)33-7-5-6-8-38(33)57/h5-14,19-20,22,24-26,29,32,37,42,56-57H,15-18,21,23H2,1-4H3,(H,48,58)/t26-,32+,37-,42+/m0/s1. The second-order valence-corrected chi connectivity index (χ2v) is 18.5. The predicted octanol–water partition coefficient (Wildman–Crippen LogP) is 7.90. The summed E-state index contributed by atoms with van der Waals surface area (Å²) in [5, 5.41) is 47.3. The van der Waals surface area contributed by atoms with E-state index in [0.717, 1.165) is 63.7 Å². The third-order valence-electron chi connectivity index (χ3n) is 12.0. The van der Waals surface area contributed by atoms with Gasteiger partial charge in [-0.2, -0.15) is 0 Å². The highest BCUT2D eigenvalue weighted by atomic mass is 32.1. The van der Waals surface area contributed by atoms with Crippen molar-refractivity contribution in [2.75, 3.05) is 24.5 Å². The van der Waals surface area contributed by atoms with Gasteiger partial charge in [0.1, 0.15) is 39.7 Å². The molecule has 2 aromatic carbocycles. The van der Waals surface area contributed by atoms with Gasteiger partial charge in [-0.15, -0.1) is 43.1 Å². The quantitative estimate of drug-likeness (QED) is 0.114. The molecule has 0 spiro atoms. The lowest BCUT2D eigenvalue weighted by Gasteiger charge is -2.32. The molecular formula is C46H47N9O5S2. The van der Waals surface area contributed by atoms with Crippen LogP contribution < -0.4 is 10.2 Å². The van der Waals surface area contributed by atoms with Gasteiger partial charge in [-0.25, -0.2) is 4.98 Å². The number of nitrogens with zero attached hydrogens (tertiary/aromatic N) is 8. The van der Waals surface area contributed by atoms with Gasteiger partial charge >= 0.3 is 0 Å². The van der Waals surface area contributed by atoms with E-state index in [2.05, 4.69) is 46.8 Å². The molecule has 4 atom stereocenters. The number of nitrogens with one attached hydrogen (secondary N) is 1. The van der Waals surface area contributed by atoms with Gasteiger partial charge in [0.2, 0.25) is 11.8 Å². The number of aliphatic hydroxyl groups is 1. The second kappa shape index (κ2) is 17.3. The maximum absolute atomic E-state index is 14.3. The Kier molecular flexibility index (Phi) is 11.5. The zero-order chi connectivity index (χ0) is 43.1. The monoisotopic (exact) mass is 869 g/mol. The largest absolute Gasteiger partial charge is 0.507 e. The molecule has 7 heterocycles. The summed E-state index contributed by atoms with van der Waals surface area (Å²) in [6.07, 6.45) is 1.21. The maximum Gasteiger partial charge on any atom is 0.243 e. The number of aryl methyl sites for hydroxylation is 1. The molecule has 9 rings (SSSR count). The number of hydrogen-bond donors (Lipinski definition) is 3. The fraction of sp³-hybridized carbons (Fsp3) is 0.348. The van der Waals surface area contributed by atoms with Gasteiger partial charge in [-0.3, -0.25) is 9.59 Å². The van der Waals surface area contributed by atoms with Crippen molar-refractivity contribution in [3.63, 3.8) is 0 Å². The minimum Gasteiger partial charge on any atom is -0.507 e. The molecule has 0 bridgehead atoms. The minimum atomic E-state index is -0.838. The number of likely N-dealkylation sites (tertiary alicyclic amines) is 1. The second-order valence-electron chi connectivity index (χ2n) is 16.5. The van der Waals surface area contributed by atoms with Crippen molar-refractivity contribution < 1.29 is 24.3 Å². The number of aliphatic hydroxyl groups excluding tert-OH is 1. The molecule has 3 N–H and O–H groups in total. The lowest BCUT2D eigenvalue weighted by atomic mass is 9.91. The van der Waals surface area contributed by atoms with E-state index in [-0.39, 0.29) is 42.5 Å². The van der Waals surface area contributed by atoms with Crippen molar-refractivity contribution in [2.45, 2.75) is 77.0 Å². The molecule has 0 aliphatic carbocycles. The van der Waals surface area contributed by atoms with Crippen LogP contribution in [0.3, 0.4) is 0 Å². The number of β-amino-alcohol motifs (C(OH)–C–C–N with tert-alkyl or cyclic N) is 1. The Hall–Kier alpha value is -6.10. The number of benzene rings is 2. The van der Waals surface area contributed by atoms with Crippen LogP contribution in [0.25, 0.3) is 43.3 Å². The van der Waals surface area contributed by atoms with Gasteiger partial charge in [0, 0.05) is 47.9 Å². The van der Waals surface area contributed by atoms with Crippen LogP contribution in [-0.4, -0.2) is 89.2 Å². The summed E-state index contributed by atoms with van der Waals surface area (Å²) in [4.78, 5) is 39.3. The fourth-order valence-electron chi connectivity index (χ4n) is 8.59. The number of aromatic hydroxyl groups is 1. The van der Waals surface area contributed by atoms with E-state index in [1.165, 1.54) is 9.78 Å². The summed E-state index contributed by atoms with van der Waals surface area (Å²) < 4.78 is 5.81. The molecule has 0 radical (unpaired) electrons. The average molecular weight is 870 g/mol. The molecule has 5 aromatic heterocycles. The van der Waals surface area contributed by atoms with E-state index in [4.69, 9.17) is 4.52 Å². The maximum atomic E-state index is 14.3. The first-order chi connectivity index (χ1) is 30.0. The highest BCUT2D eigenvalue weighted by Crippen LogP contribution is 2.39. The van der Waals surface area contributed by atoms with Crippen molar-refractivity contribution in [3.8, 4) is 38.8 Å². The van der Waals surface area contributed by atoms with Crippen LogP contribution in [0.5, 0.6) is 5.75 Å². The van der Waals surface area contributed by atoms with Gasteiger partial charge < -0.3 is 29.9 Å². The van der Waals surface area contributed by atoms with Crippen molar-refractivity contribution in [2.24, 2.45) is 5.92 Å². The van der Waals surface area contributed by atoms with Crippen molar-refractivity contribution >= 4 is 50.5 Å². The Balaban J connectivity index is 0.824. The first-order valence-corrected chi connectivity index (χ1v) is 22.6. The number of carbonyl (C=O) groups excluding carboxylic acids is 2. The number of piperidine rings is 1. The number of aromatic nitrogens is 6. The van der Waals surface area contributed by atoms with Crippen molar-refractivity contribution in [3.05, 3.63) is 106 Å². The first-order valence-electron chi connectivity index (χ1n) is 20.9. The van der Waals surface area contributed by atoms with Gasteiger partial charge in [-0.1, -0.05) is 55.4 Å². The lowest BCUT2D eigenvalue weighted by Crippen LogP contribution is -2.48. The third kappa shape index (κ3) is 8.29. The zero-order valence-corrected chi connectivity index (χ0v) is 36.4. The number of phenols is 1. The Morgan fingerprint density at radius 3 is 2.39 bits per heavy atom. The fourth-order valence-corrected chi connectivity index (χ4v) is 10.5. The SMILES string of the molecule is Cc1ncsc1-c1ccc([C@H](C)NC(=O)[C@@H]2C[C@@H](O)CN2C(=O)[C@@H](c2cc(-c3ccc(N4CCC(c5cc6cc(-c7ccccc7O)nnc6s5)CC4)nn3)no2)C(C)C)cc1. The van der Waals surface area contributed by atoms with Crippen molar-refractivity contribution in [1.29, 1.82) is 0 Å². The molecule has 62 heavy (non-hydrogen) atoms. The number of thiazole rings is 1. The number of rotatable bonds is 11. The smallest absolute Gasteiger partial charge is 0.243 e. The molecule has 0 unspecified atom stereocenters. The van der Waals surface area contributed by atoms with Crippen LogP contribution in [0.2, 0.25) is 0 Å². The van der Waals surface area contributed by atoms with E-state index in [1.807, 2.05) is 87.8 Å². The Bertz CT molecular complexity index is 2710. The number of amides is 2. The molecule has 16 heteroatoms. The summed E-state index contributed by atoms with van der Waals surface area (Å²) in [7, 11) is 0. The number of para-hydroxylation sites is 1. The predicted molar refractivity (Wildman–Crippen MR) is 239 cm³/mol. The zero-order valence-electron chi connectivity index (χ0n) is 34.8. The third-order valence-corrected chi connectivity index (χ3v) is 14.2. The van der Waals surface area contributed by atoms with Gasteiger partial charge in [0.15, 0.2) is 5.82 Å². The Morgan fingerprint density at radius 2 is 1.68 bits per heavy atom. The molecule has 2 amide bonds. The van der Waals surface area contributed by atoms with E-state index >= 15 is 0 Å². The topological polar surface area (TPSA) is 184 Å². The summed E-state index contributed by atoms with van der Waals surface area (Å²) in [5.74, 6) is 0.148. The molecule has 2 aliphatic heterocycles. The molecule has 14 nitrogen and oxygen atoms in total. The van der Waals surface area contributed by atoms with Gasteiger partial charge in [-0.05, 0) is 86.1 Å². The van der Waals surface area contributed by atoms with Crippen LogP contribution in [0, 0.1) is 12.8 Å². The highest BCUT2D eigenvalue weighted by Gasteiger charge is 2.43. The molecule has 2 fully saturated rings. The van der Waals surface area contributed by atoms with E-state index in [1.54, 1.807) is 40.9 Å². The Morgan fingerprint density at radius 1 is 0.903 bits per heavy atom. The summed E-state index contributed by atoms with van der Waals surface area (Å²) in [6, 6.07) is 23.7. The van der Waals surface area contributed by atoms with Crippen LogP contribution >= 0.6 is 22.7 Å². The molecule has 2 aliphatic rings. The summed E-state index contributed by atoms with van der Waals surface area (Å²) in [6.45, 7) is 9.42. The summed E-state index contributed by atoms with van der Waals surface area (Å²) in [5.41, 5.74) is 7.08. The number of thiophene rings is 1. The molecule has 7 aromatic rings. The average Bonchev–Trinajstić information content (AvgIpc) is 4.11. The van der Waals surface area contributed by atoms with E-state index < -0.39 is 18.1 Å². The van der Waals surface area contributed by atoms with Crippen LogP contribution in [-0.2, 0) is 9.59 Å². The van der Waals surface area contributed by atoms with Gasteiger partial charge in [0.05, 0.1) is 33.9 Å². The normalized spacial score (nSPS) is 18.1. The molecule has 0 saturated carbocycles. The van der Waals surface area contributed by atoms with Crippen molar-refractivity contribution in [1.82, 2.24) is 40.8 Å². The van der Waals surface area contributed by atoms with Gasteiger partial charge in [0.25, 0.3) is 0 Å². The number of carbonyl (C=O) groups is 2. The van der Waals surface area contributed by atoms with Crippen LogP contribution in [0.1, 0.15) is 79.8 Å². The van der Waals surface area contributed by atoms with Crippen LogP contribution in [0.15, 0.2) is 88.9 Å². The number of anilines is 1. The van der Waals surface area contributed by atoms with E-state index in [9.17, 15) is 19.8 Å². The Labute approximate surface area is 366 Å². The highest BCUT2D eigenvalue weighted by molar-refractivity contribution is 7.18. The minimum absolute atomic E-state index is 0.0447. The number of fused-ring (bicyclic) bond motifs is 1. The number of hydrogen-bond acceptors (Lipinski definition) is 14.